The first-order chi connectivity index (χ1) is 11.6. The van der Waals surface area contributed by atoms with Crippen molar-refractivity contribution >= 4 is 17.2 Å². The molecule has 0 saturated carbocycles. The Labute approximate surface area is 145 Å². The van der Waals surface area contributed by atoms with Crippen molar-refractivity contribution in [2.75, 3.05) is 11.4 Å². The van der Waals surface area contributed by atoms with Crippen LogP contribution in [0.1, 0.15) is 23.1 Å². The molecule has 24 heavy (non-hydrogen) atoms. The molecule has 0 aliphatic heterocycles. The molecule has 0 spiro atoms. The van der Waals surface area contributed by atoms with Crippen molar-refractivity contribution in [1.29, 1.82) is 0 Å². The first-order valence-electron chi connectivity index (χ1n) is 7.89. The summed E-state index contributed by atoms with van der Waals surface area (Å²) in [5.41, 5.74) is 2.10. The van der Waals surface area contributed by atoms with Gasteiger partial charge in [0.15, 0.2) is 0 Å². The largest absolute Gasteiger partial charge is 0.352 e. The SMILES string of the molecule is CCN(Cc1cccs1)c1ccc(-c2nc(C)c(C)c(=O)[nH]2)cn1. The molecule has 0 aliphatic carbocycles. The predicted molar refractivity (Wildman–Crippen MR) is 98.6 cm³/mol. The summed E-state index contributed by atoms with van der Waals surface area (Å²) in [4.78, 5) is 27.3. The molecule has 3 heterocycles. The van der Waals surface area contributed by atoms with Crippen LogP contribution < -0.4 is 10.5 Å². The fourth-order valence-corrected chi connectivity index (χ4v) is 3.16. The minimum atomic E-state index is -0.102. The normalized spacial score (nSPS) is 10.8. The summed E-state index contributed by atoms with van der Waals surface area (Å²) in [7, 11) is 0. The van der Waals surface area contributed by atoms with Crippen LogP contribution in [0.3, 0.4) is 0 Å². The Morgan fingerprint density at radius 2 is 2.08 bits per heavy atom. The van der Waals surface area contributed by atoms with Crippen molar-refractivity contribution in [2.45, 2.75) is 27.3 Å². The van der Waals surface area contributed by atoms with Crippen LogP contribution in [0.4, 0.5) is 5.82 Å². The van der Waals surface area contributed by atoms with E-state index >= 15 is 0 Å². The van der Waals surface area contributed by atoms with Crippen molar-refractivity contribution in [3.63, 3.8) is 0 Å². The summed E-state index contributed by atoms with van der Waals surface area (Å²) >= 11 is 1.75. The van der Waals surface area contributed by atoms with Gasteiger partial charge in [-0.1, -0.05) is 6.07 Å². The molecule has 3 aromatic rings. The van der Waals surface area contributed by atoms with Crippen LogP contribution >= 0.6 is 11.3 Å². The fraction of sp³-hybridized carbons (Fsp3) is 0.278. The molecule has 5 nitrogen and oxygen atoms in total. The van der Waals surface area contributed by atoms with Gasteiger partial charge in [-0.2, -0.15) is 0 Å². The first-order valence-corrected chi connectivity index (χ1v) is 8.77. The highest BCUT2D eigenvalue weighted by Crippen LogP contribution is 2.20. The van der Waals surface area contributed by atoms with Gasteiger partial charge in [-0.3, -0.25) is 4.79 Å². The summed E-state index contributed by atoms with van der Waals surface area (Å²) < 4.78 is 0. The van der Waals surface area contributed by atoms with Crippen molar-refractivity contribution in [3.05, 3.63) is 62.3 Å². The lowest BCUT2D eigenvalue weighted by atomic mass is 10.2. The second-order valence-corrected chi connectivity index (χ2v) is 6.66. The Balaban J connectivity index is 1.86. The van der Waals surface area contributed by atoms with Gasteiger partial charge in [0.25, 0.3) is 5.56 Å². The number of nitrogens with zero attached hydrogens (tertiary/aromatic N) is 3. The van der Waals surface area contributed by atoms with E-state index in [2.05, 4.69) is 44.3 Å². The molecule has 124 valence electrons. The topological polar surface area (TPSA) is 61.9 Å². The van der Waals surface area contributed by atoms with Crippen LogP contribution in [0.2, 0.25) is 0 Å². The molecule has 1 N–H and O–H groups in total. The number of aromatic amines is 1. The van der Waals surface area contributed by atoms with Gasteiger partial charge in [-0.25, -0.2) is 9.97 Å². The van der Waals surface area contributed by atoms with E-state index in [0.717, 1.165) is 30.2 Å². The minimum absolute atomic E-state index is 0.102. The Morgan fingerprint density at radius 1 is 1.25 bits per heavy atom. The van der Waals surface area contributed by atoms with E-state index < -0.39 is 0 Å². The van der Waals surface area contributed by atoms with Gasteiger partial charge < -0.3 is 9.88 Å². The minimum Gasteiger partial charge on any atom is -0.352 e. The van der Waals surface area contributed by atoms with Crippen molar-refractivity contribution in [3.8, 4) is 11.4 Å². The molecule has 0 bridgehead atoms. The lowest BCUT2D eigenvalue weighted by molar-refractivity contribution is 0.823. The van der Waals surface area contributed by atoms with Gasteiger partial charge in [0.1, 0.15) is 11.6 Å². The average molecular weight is 340 g/mol. The number of pyridine rings is 1. The molecule has 0 fully saturated rings. The molecule has 0 saturated heterocycles. The molecule has 3 aromatic heterocycles. The van der Waals surface area contributed by atoms with Crippen LogP contribution in [0.15, 0.2) is 40.6 Å². The number of H-pyrrole nitrogens is 1. The van der Waals surface area contributed by atoms with Crippen LogP contribution in [-0.2, 0) is 6.54 Å². The highest BCUT2D eigenvalue weighted by molar-refractivity contribution is 7.09. The summed E-state index contributed by atoms with van der Waals surface area (Å²) in [5, 5.41) is 2.08. The van der Waals surface area contributed by atoms with Gasteiger partial charge in [-0.05, 0) is 44.4 Å². The number of rotatable bonds is 5. The van der Waals surface area contributed by atoms with Crippen molar-refractivity contribution in [2.24, 2.45) is 0 Å². The summed E-state index contributed by atoms with van der Waals surface area (Å²) in [6, 6.07) is 8.12. The highest BCUT2D eigenvalue weighted by atomic mass is 32.1. The number of aryl methyl sites for hydroxylation is 1. The monoisotopic (exact) mass is 340 g/mol. The molecular formula is C18H20N4OS. The lowest BCUT2D eigenvalue weighted by Gasteiger charge is -2.21. The van der Waals surface area contributed by atoms with Crippen LogP contribution in [0.25, 0.3) is 11.4 Å². The zero-order valence-corrected chi connectivity index (χ0v) is 14.9. The number of nitrogens with one attached hydrogen (secondary N) is 1. The molecule has 6 heteroatoms. The average Bonchev–Trinajstić information content (AvgIpc) is 3.10. The van der Waals surface area contributed by atoms with Gasteiger partial charge in [-0.15, -0.1) is 11.3 Å². The van der Waals surface area contributed by atoms with Gasteiger partial charge in [0.2, 0.25) is 0 Å². The number of thiophene rings is 1. The summed E-state index contributed by atoms with van der Waals surface area (Å²) in [6.45, 7) is 7.46. The number of hydrogen-bond donors (Lipinski definition) is 1. The number of anilines is 1. The second-order valence-electron chi connectivity index (χ2n) is 5.62. The van der Waals surface area contributed by atoms with E-state index in [4.69, 9.17) is 0 Å². The highest BCUT2D eigenvalue weighted by Gasteiger charge is 2.10. The van der Waals surface area contributed by atoms with Gasteiger partial charge in [0.05, 0.1) is 6.54 Å². The Morgan fingerprint density at radius 3 is 2.67 bits per heavy atom. The third kappa shape index (κ3) is 3.38. The molecule has 0 atom stereocenters. The second kappa shape index (κ2) is 6.97. The smallest absolute Gasteiger partial charge is 0.254 e. The fourth-order valence-electron chi connectivity index (χ4n) is 2.44. The van der Waals surface area contributed by atoms with E-state index in [1.807, 2.05) is 19.1 Å². The van der Waals surface area contributed by atoms with E-state index in [1.54, 1.807) is 24.5 Å². The van der Waals surface area contributed by atoms with Crippen molar-refractivity contribution < 1.29 is 0 Å². The number of aromatic nitrogens is 3. The molecule has 0 aromatic carbocycles. The maximum absolute atomic E-state index is 11.9. The van der Waals surface area contributed by atoms with E-state index in [9.17, 15) is 4.79 Å². The third-order valence-electron chi connectivity index (χ3n) is 4.05. The Kier molecular flexibility index (Phi) is 4.76. The quantitative estimate of drug-likeness (QED) is 0.772. The maximum Gasteiger partial charge on any atom is 0.254 e. The van der Waals surface area contributed by atoms with Crippen molar-refractivity contribution in [1.82, 2.24) is 15.0 Å². The molecule has 0 aliphatic rings. The zero-order valence-electron chi connectivity index (χ0n) is 14.0. The molecule has 3 rings (SSSR count). The van der Waals surface area contributed by atoms with E-state index in [0.29, 0.717) is 11.4 Å². The van der Waals surface area contributed by atoms with Crippen LogP contribution in [0.5, 0.6) is 0 Å². The van der Waals surface area contributed by atoms with Crippen LogP contribution in [-0.4, -0.2) is 21.5 Å². The number of hydrogen-bond acceptors (Lipinski definition) is 5. The van der Waals surface area contributed by atoms with Gasteiger partial charge in [0, 0.05) is 34.4 Å². The van der Waals surface area contributed by atoms with Crippen LogP contribution in [0, 0.1) is 13.8 Å². The molecule has 0 radical (unpaired) electrons. The standard InChI is InChI=1S/C18H20N4OS/c1-4-22(11-15-6-5-9-24-15)16-8-7-14(10-19-16)17-20-13(3)12(2)18(23)21-17/h5-10H,4,11H2,1-3H3,(H,20,21,23). The summed E-state index contributed by atoms with van der Waals surface area (Å²) in [6.07, 6.45) is 1.76. The Bertz CT molecular complexity index is 869. The Hall–Kier alpha value is -2.47. The lowest BCUT2D eigenvalue weighted by Crippen LogP contribution is -2.22. The summed E-state index contributed by atoms with van der Waals surface area (Å²) in [5.74, 6) is 1.48. The molecule has 0 unspecified atom stereocenters. The van der Waals surface area contributed by atoms with Gasteiger partial charge >= 0.3 is 0 Å². The first kappa shape index (κ1) is 16.4. The van der Waals surface area contributed by atoms with E-state index in [1.165, 1.54) is 4.88 Å². The maximum atomic E-state index is 11.9. The molecule has 0 amide bonds. The third-order valence-corrected chi connectivity index (χ3v) is 4.91. The van der Waals surface area contributed by atoms with E-state index in [-0.39, 0.29) is 5.56 Å². The predicted octanol–water partition coefficient (Wildman–Crippen LogP) is 3.54. The molecular weight excluding hydrogens is 320 g/mol. The zero-order chi connectivity index (χ0) is 17.1.